The van der Waals surface area contributed by atoms with Crippen LogP contribution in [0, 0.1) is 0 Å². The van der Waals surface area contributed by atoms with E-state index in [0.29, 0.717) is 5.15 Å². The zero-order chi connectivity index (χ0) is 8.55. The molecule has 0 atom stereocenters. The van der Waals surface area contributed by atoms with E-state index in [1.807, 2.05) is 13.0 Å². The fourth-order valence-corrected chi connectivity index (χ4v) is 1.43. The summed E-state index contributed by atoms with van der Waals surface area (Å²) in [6, 6.07) is 1.82. The maximum atomic E-state index is 6.04. The van der Waals surface area contributed by atoms with Crippen LogP contribution in [0.2, 0.25) is 5.15 Å². The van der Waals surface area contributed by atoms with Crippen molar-refractivity contribution < 1.29 is 0 Å². The van der Waals surface area contributed by atoms with Crippen LogP contribution in [0.4, 0.5) is 0 Å². The Hall–Kier alpha value is -1.09. The Balaban J connectivity index is 2.78. The highest BCUT2D eigenvalue weighted by Crippen LogP contribution is 2.15. The lowest BCUT2D eigenvalue weighted by Crippen LogP contribution is -1.96. The third kappa shape index (κ3) is 0.975. The second-order valence-corrected chi connectivity index (χ2v) is 2.89. The van der Waals surface area contributed by atoms with E-state index < -0.39 is 0 Å². The lowest BCUT2D eigenvalue weighted by molar-refractivity contribution is 0.911. The van der Waals surface area contributed by atoms with Gasteiger partial charge < -0.3 is 0 Å². The summed E-state index contributed by atoms with van der Waals surface area (Å²) in [4.78, 5) is 4.19. The Morgan fingerprint density at radius 3 is 3.17 bits per heavy atom. The Morgan fingerprint density at radius 2 is 2.42 bits per heavy atom. The summed E-state index contributed by atoms with van der Waals surface area (Å²) in [6.45, 7) is 2.04. The Bertz CT molecular complexity index is 408. The summed E-state index contributed by atoms with van der Waals surface area (Å²) in [5.41, 5.74) is 1.81. The van der Waals surface area contributed by atoms with Gasteiger partial charge >= 0.3 is 0 Å². The largest absolute Gasteiger partial charge is 0.237 e. The molecule has 0 unspecified atom stereocenters. The summed E-state index contributed by atoms with van der Waals surface area (Å²) in [5.74, 6) is 0. The first kappa shape index (κ1) is 7.55. The minimum absolute atomic E-state index is 0.660. The quantitative estimate of drug-likeness (QED) is 0.630. The third-order valence-electron chi connectivity index (χ3n) is 1.81. The van der Waals surface area contributed by atoms with Gasteiger partial charge in [-0.3, -0.25) is 0 Å². The van der Waals surface area contributed by atoms with Crippen LogP contribution in [0.5, 0.6) is 0 Å². The van der Waals surface area contributed by atoms with Gasteiger partial charge in [-0.2, -0.15) is 5.10 Å². The number of rotatable bonds is 1. The summed E-state index contributed by atoms with van der Waals surface area (Å²) in [7, 11) is 0. The maximum absolute atomic E-state index is 6.04. The summed E-state index contributed by atoms with van der Waals surface area (Å²) in [5, 5.41) is 4.71. The molecule has 0 spiro atoms. The average Bonchev–Trinajstić information content (AvgIpc) is 2.53. The average molecular weight is 182 g/mol. The molecule has 2 aromatic heterocycles. The Labute approximate surface area is 75.0 Å². The van der Waals surface area contributed by atoms with E-state index in [1.54, 1.807) is 16.9 Å². The Kier molecular flexibility index (Phi) is 1.73. The molecule has 2 aromatic rings. The number of aromatic nitrogens is 3. The lowest BCUT2D eigenvalue weighted by atomic mass is 10.3. The fourth-order valence-electron chi connectivity index (χ4n) is 1.12. The number of aryl methyl sites for hydroxylation is 1. The number of fused-ring (bicyclic) bond motifs is 1. The predicted octanol–water partition coefficient (Wildman–Crippen LogP) is 1.95. The molecule has 62 valence electrons. The van der Waals surface area contributed by atoms with Crippen molar-refractivity contribution in [3.63, 3.8) is 0 Å². The molecule has 0 aliphatic rings. The molecule has 12 heavy (non-hydrogen) atoms. The third-order valence-corrected chi connectivity index (χ3v) is 2.21. The van der Waals surface area contributed by atoms with E-state index in [-0.39, 0.29) is 0 Å². The van der Waals surface area contributed by atoms with Crippen LogP contribution < -0.4 is 0 Å². The molecule has 0 aliphatic heterocycles. The van der Waals surface area contributed by atoms with Crippen LogP contribution >= 0.6 is 11.6 Å². The van der Waals surface area contributed by atoms with Gasteiger partial charge in [0.1, 0.15) is 5.15 Å². The maximum Gasteiger partial charge on any atom is 0.156 e. The molecule has 0 aliphatic carbocycles. The van der Waals surface area contributed by atoms with Crippen LogP contribution in [-0.2, 0) is 6.42 Å². The smallest absolute Gasteiger partial charge is 0.156 e. The van der Waals surface area contributed by atoms with Gasteiger partial charge in [0.2, 0.25) is 0 Å². The molecule has 0 amide bonds. The fraction of sp³-hybridized carbons (Fsp3) is 0.250. The van der Waals surface area contributed by atoms with Crippen LogP contribution in [-0.4, -0.2) is 14.6 Å². The highest BCUT2D eigenvalue weighted by atomic mass is 35.5. The Morgan fingerprint density at radius 1 is 1.58 bits per heavy atom. The molecule has 3 nitrogen and oxygen atoms in total. The van der Waals surface area contributed by atoms with Crippen LogP contribution in [0.25, 0.3) is 5.65 Å². The van der Waals surface area contributed by atoms with Gasteiger partial charge in [0.05, 0.1) is 6.20 Å². The van der Waals surface area contributed by atoms with Gasteiger partial charge in [-0.1, -0.05) is 18.5 Å². The van der Waals surface area contributed by atoms with Crippen molar-refractivity contribution in [2.75, 3.05) is 0 Å². The molecular weight excluding hydrogens is 174 g/mol. The number of halogens is 1. The summed E-state index contributed by atoms with van der Waals surface area (Å²) >= 11 is 6.04. The second kappa shape index (κ2) is 2.75. The minimum Gasteiger partial charge on any atom is -0.237 e. The van der Waals surface area contributed by atoms with Gasteiger partial charge in [0, 0.05) is 17.8 Å². The van der Waals surface area contributed by atoms with Gasteiger partial charge in [-0.15, -0.1) is 0 Å². The summed E-state index contributed by atoms with van der Waals surface area (Å²) in [6.07, 6.45) is 4.36. The van der Waals surface area contributed by atoms with Gasteiger partial charge in [-0.05, 0) is 6.42 Å². The van der Waals surface area contributed by atoms with E-state index >= 15 is 0 Å². The lowest BCUT2D eigenvalue weighted by Gasteiger charge is -2.01. The first-order valence-corrected chi connectivity index (χ1v) is 4.18. The van der Waals surface area contributed by atoms with Crippen molar-refractivity contribution in [3.8, 4) is 0 Å². The van der Waals surface area contributed by atoms with Crippen LogP contribution in [0.1, 0.15) is 12.5 Å². The zero-order valence-electron chi connectivity index (χ0n) is 6.66. The highest BCUT2D eigenvalue weighted by Gasteiger charge is 2.04. The molecule has 2 heterocycles. The SMILES string of the molecule is CCc1cnc2ccnn2c1Cl. The summed E-state index contributed by atoms with van der Waals surface area (Å²) < 4.78 is 1.64. The first-order chi connectivity index (χ1) is 5.83. The number of hydrogen-bond donors (Lipinski definition) is 0. The molecule has 0 aromatic carbocycles. The van der Waals surface area contributed by atoms with Gasteiger partial charge in [-0.25, -0.2) is 9.50 Å². The molecule has 0 bridgehead atoms. The normalized spacial score (nSPS) is 10.8. The van der Waals surface area contributed by atoms with Crippen LogP contribution in [0.3, 0.4) is 0 Å². The standard InChI is InChI=1S/C8H8ClN3/c1-2-6-5-10-7-3-4-11-12(7)8(6)9/h3-5H,2H2,1H3. The van der Waals surface area contributed by atoms with E-state index in [0.717, 1.165) is 17.6 Å². The molecule has 0 saturated heterocycles. The van der Waals surface area contributed by atoms with Crippen LogP contribution in [0.15, 0.2) is 18.5 Å². The first-order valence-electron chi connectivity index (χ1n) is 3.80. The predicted molar refractivity (Wildman–Crippen MR) is 47.4 cm³/mol. The van der Waals surface area contributed by atoms with Gasteiger partial charge in [0.15, 0.2) is 5.65 Å². The monoisotopic (exact) mass is 181 g/mol. The van der Waals surface area contributed by atoms with Crippen molar-refractivity contribution >= 4 is 17.2 Å². The second-order valence-electron chi connectivity index (χ2n) is 2.53. The van der Waals surface area contributed by atoms with Crippen molar-refractivity contribution in [1.82, 2.24) is 14.6 Å². The van der Waals surface area contributed by atoms with Crippen molar-refractivity contribution in [2.45, 2.75) is 13.3 Å². The van der Waals surface area contributed by atoms with Gasteiger partial charge in [0.25, 0.3) is 0 Å². The molecule has 0 radical (unpaired) electrons. The molecule has 0 saturated carbocycles. The van der Waals surface area contributed by atoms with E-state index in [1.165, 1.54) is 0 Å². The van der Waals surface area contributed by atoms with Crippen molar-refractivity contribution in [2.24, 2.45) is 0 Å². The number of hydrogen-bond acceptors (Lipinski definition) is 2. The van der Waals surface area contributed by atoms with E-state index in [9.17, 15) is 0 Å². The highest BCUT2D eigenvalue weighted by molar-refractivity contribution is 6.30. The van der Waals surface area contributed by atoms with Crippen molar-refractivity contribution in [3.05, 3.63) is 29.2 Å². The van der Waals surface area contributed by atoms with E-state index in [2.05, 4.69) is 10.1 Å². The molecule has 0 N–H and O–H groups in total. The van der Waals surface area contributed by atoms with Crippen molar-refractivity contribution in [1.29, 1.82) is 0 Å². The number of nitrogens with zero attached hydrogens (tertiary/aromatic N) is 3. The molecule has 4 heteroatoms. The molecule has 0 fully saturated rings. The molecular formula is C8H8ClN3. The van der Waals surface area contributed by atoms with E-state index in [4.69, 9.17) is 11.6 Å². The topological polar surface area (TPSA) is 30.2 Å². The minimum atomic E-state index is 0.660. The zero-order valence-corrected chi connectivity index (χ0v) is 7.41. The molecule has 2 rings (SSSR count).